The van der Waals surface area contributed by atoms with Crippen LogP contribution in [0.2, 0.25) is 0 Å². The standard InChI is InChI=1S/C55H87N5O12/c1-48(2,3)35-54(15,46(63)56-25-19-27-69-38-21-23-42(59(65)66)37(31-38)34-61)53(13,14)51(9,10)36-55(16,52(11,12)50(7,8)33-41(49(4,5)6)44(62)58(17)18)47(64)57-26-20-28-70-39-22-24-43(60(67)68)40(32-39)45-71-29-30-72-45/h21-24,31-32,34,41,45H,19-20,25-30,33,35-36H2,1-18H3,(H,56,63)(H,57,64). The first-order valence-electron chi connectivity index (χ1n) is 25.2. The Hall–Kier alpha value is -5.16. The zero-order valence-electron chi connectivity index (χ0n) is 46.7. The highest BCUT2D eigenvalue weighted by Crippen LogP contribution is 2.64. The van der Waals surface area contributed by atoms with E-state index in [2.05, 4.69) is 108 Å². The van der Waals surface area contributed by atoms with E-state index < -0.39 is 48.6 Å². The highest BCUT2D eigenvalue weighted by molar-refractivity contribution is 5.85. The summed E-state index contributed by atoms with van der Waals surface area (Å²) in [4.78, 5) is 79.2. The van der Waals surface area contributed by atoms with Crippen molar-refractivity contribution in [1.82, 2.24) is 15.5 Å². The van der Waals surface area contributed by atoms with Crippen LogP contribution in [0.3, 0.4) is 0 Å². The van der Waals surface area contributed by atoms with Crippen LogP contribution in [-0.4, -0.2) is 92.4 Å². The highest BCUT2D eigenvalue weighted by Gasteiger charge is 2.62. The van der Waals surface area contributed by atoms with Crippen molar-refractivity contribution in [3.05, 3.63) is 67.8 Å². The van der Waals surface area contributed by atoms with Gasteiger partial charge >= 0.3 is 0 Å². The molecule has 1 heterocycles. The van der Waals surface area contributed by atoms with E-state index in [0.717, 1.165) is 0 Å². The third kappa shape index (κ3) is 14.1. The Morgan fingerprint density at radius 1 is 0.694 bits per heavy atom. The van der Waals surface area contributed by atoms with Crippen LogP contribution < -0.4 is 20.1 Å². The molecular formula is C55H87N5O12. The van der Waals surface area contributed by atoms with Crippen molar-refractivity contribution in [3.8, 4) is 11.5 Å². The van der Waals surface area contributed by atoms with Gasteiger partial charge in [-0.05, 0) is 88.9 Å². The van der Waals surface area contributed by atoms with Gasteiger partial charge in [-0.1, -0.05) is 111 Å². The molecular weight excluding hydrogens is 923 g/mol. The second-order valence-electron chi connectivity index (χ2n) is 25.0. The van der Waals surface area contributed by atoms with Gasteiger partial charge in [0.05, 0.1) is 58.2 Å². The van der Waals surface area contributed by atoms with Gasteiger partial charge < -0.3 is 34.5 Å². The first-order chi connectivity index (χ1) is 32.9. The van der Waals surface area contributed by atoms with Gasteiger partial charge in [0.25, 0.3) is 11.4 Å². The Morgan fingerprint density at radius 3 is 1.57 bits per heavy atom. The summed E-state index contributed by atoms with van der Waals surface area (Å²) >= 11 is 0. The van der Waals surface area contributed by atoms with Crippen LogP contribution in [-0.2, 0) is 23.9 Å². The zero-order valence-corrected chi connectivity index (χ0v) is 46.7. The van der Waals surface area contributed by atoms with Crippen molar-refractivity contribution in [2.75, 3.05) is 53.6 Å². The fourth-order valence-corrected chi connectivity index (χ4v) is 10.4. The lowest BCUT2D eigenvalue weighted by Crippen LogP contribution is -2.61. The van der Waals surface area contributed by atoms with Crippen LogP contribution in [0, 0.1) is 69.5 Å². The molecule has 0 bridgehead atoms. The van der Waals surface area contributed by atoms with Gasteiger partial charge in [0.1, 0.15) is 11.5 Å². The minimum Gasteiger partial charge on any atom is -0.494 e. The summed E-state index contributed by atoms with van der Waals surface area (Å²) in [7, 11) is 3.55. The number of nitro groups is 2. The molecule has 1 fully saturated rings. The lowest BCUT2D eigenvalue weighted by Gasteiger charge is -2.60. The summed E-state index contributed by atoms with van der Waals surface area (Å²) in [6.45, 7) is 35.3. The van der Waals surface area contributed by atoms with Crippen molar-refractivity contribution < 1.29 is 48.0 Å². The van der Waals surface area contributed by atoms with Crippen LogP contribution in [0.4, 0.5) is 11.4 Å². The molecule has 1 aliphatic rings. The summed E-state index contributed by atoms with van der Waals surface area (Å²) in [6, 6.07) is 8.46. The van der Waals surface area contributed by atoms with Crippen molar-refractivity contribution in [2.45, 2.75) is 149 Å². The molecule has 17 nitrogen and oxygen atoms in total. The minimum atomic E-state index is -1.09. The summed E-state index contributed by atoms with van der Waals surface area (Å²) in [5, 5.41) is 29.6. The molecule has 3 amide bonds. The van der Waals surface area contributed by atoms with E-state index in [1.165, 1.54) is 30.3 Å². The molecule has 2 N–H and O–H groups in total. The number of aldehydes is 1. The van der Waals surface area contributed by atoms with Crippen LogP contribution in [0.1, 0.15) is 165 Å². The quantitative estimate of drug-likeness (QED) is 0.0389. The molecule has 2 aromatic rings. The molecule has 0 saturated carbocycles. The fourth-order valence-electron chi connectivity index (χ4n) is 10.4. The number of nitrogens with one attached hydrogen (secondary N) is 2. The molecule has 2 aromatic carbocycles. The first-order valence-corrected chi connectivity index (χ1v) is 25.2. The van der Waals surface area contributed by atoms with Gasteiger partial charge in [0.2, 0.25) is 17.7 Å². The van der Waals surface area contributed by atoms with E-state index in [-0.39, 0.29) is 83.3 Å². The van der Waals surface area contributed by atoms with Crippen LogP contribution in [0.5, 0.6) is 11.5 Å². The van der Waals surface area contributed by atoms with Crippen LogP contribution >= 0.6 is 0 Å². The molecule has 3 rings (SSSR count). The number of hydrogen-bond donors (Lipinski definition) is 2. The Kier molecular flexibility index (Phi) is 19.8. The smallest absolute Gasteiger partial charge is 0.280 e. The average Bonchev–Trinajstić information content (AvgIpc) is 3.81. The lowest BCUT2D eigenvalue weighted by molar-refractivity contribution is -0.386. The number of carbonyl (C=O) groups excluding carboxylic acids is 4. The van der Waals surface area contributed by atoms with E-state index in [9.17, 15) is 34.6 Å². The summed E-state index contributed by atoms with van der Waals surface area (Å²) < 4.78 is 23.0. The van der Waals surface area contributed by atoms with Gasteiger partial charge in [-0.15, -0.1) is 0 Å². The number of nitro benzene ring substituents is 2. The summed E-state index contributed by atoms with van der Waals surface area (Å²) in [5.74, 6) is 0.0788. The van der Waals surface area contributed by atoms with E-state index >= 15 is 4.79 Å². The SMILES string of the molecule is CN(C)C(=O)C(CC(C)(C)C(C)(C)C(C)(CC(C)(C)C(C)(C)C(C)(CC(C)(C)C)C(=O)NCCCOc1ccc([N+](=O)[O-])c(C=O)c1)C(=O)NCCCOc1ccc([N+](=O)[O-])c(C2OCCO2)c1)C(C)(C)C. The van der Waals surface area contributed by atoms with Crippen molar-refractivity contribution in [3.63, 3.8) is 0 Å². The van der Waals surface area contributed by atoms with Crippen molar-refractivity contribution in [2.24, 2.45) is 49.2 Å². The Bertz CT molecular complexity index is 2250. The monoisotopic (exact) mass is 1010 g/mol. The molecule has 72 heavy (non-hydrogen) atoms. The van der Waals surface area contributed by atoms with Gasteiger partial charge in [-0.2, -0.15) is 0 Å². The maximum Gasteiger partial charge on any atom is 0.280 e. The Morgan fingerprint density at radius 2 is 1.14 bits per heavy atom. The molecule has 0 radical (unpaired) electrons. The van der Waals surface area contributed by atoms with E-state index in [1.807, 2.05) is 13.8 Å². The van der Waals surface area contributed by atoms with Crippen LogP contribution in [0.15, 0.2) is 36.4 Å². The number of ether oxygens (including phenoxy) is 4. The predicted molar refractivity (Wildman–Crippen MR) is 279 cm³/mol. The third-order valence-corrected chi connectivity index (χ3v) is 16.5. The average molecular weight is 1010 g/mol. The fraction of sp³-hybridized carbons (Fsp3) is 0.709. The minimum absolute atomic E-state index is 0.0244. The van der Waals surface area contributed by atoms with E-state index in [0.29, 0.717) is 63.1 Å². The maximum atomic E-state index is 15.4. The molecule has 3 unspecified atom stereocenters. The second-order valence-corrected chi connectivity index (χ2v) is 25.0. The number of benzene rings is 2. The number of rotatable bonds is 26. The number of hydrogen-bond acceptors (Lipinski definition) is 12. The van der Waals surface area contributed by atoms with Gasteiger partial charge in [-0.3, -0.25) is 39.4 Å². The molecule has 3 atom stereocenters. The third-order valence-electron chi connectivity index (χ3n) is 16.5. The van der Waals surface area contributed by atoms with E-state index in [1.54, 1.807) is 25.1 Å². The Balaban J connectivity index is 1.98. The zero-order chi connectivity index (χ0) is 55.1. The summed E-state index contributed by atoms with van der Waals surface area (Å²) in [6.07, 6.45) is 1.79. The normalized spacial score (nSPS) is 16.2. The summed E-state index contributed by atoms with van der Waals surface area (Å²) in [5.41, 5.74) is -5.77. The topological polar surface area (TPSA) is 219 Å². The molecule has 0 aromatic heterocycles. The molecule has 0 aliphatic carbocycles. The molecule has 0 spiro atoms. The highest BCUT2D eigenvalue weighted by atomic mass is 16.7. The van der Waals surface area contributed by atoms with Crippen molar-refractivity contribution >= 4 is 35.4 Å². The van der Waals surface area contributed by atoms with Gasteiger partial charge in [-0.25, -0.2) is 0 Å². The predicted octanol–water partition coefficient (Wildman–Crippen LogP) is 10.9. The molecule has 1 saturated heterocycles. The van der Waals surface area contributed by atoms with Crippen molar-refractivity contribution in [1.29, 1.82) is 0 Å². The van der Waals surface area contributed by atoms with Gasteiger partial charge in [0, 0.05) is 45.2 Å². The largest absolute Gasteiger partial charge is 0.494 e. The molecule has 1 aliphatic heterocycles. The lowest BCUT2D eigenvalue weighted by atomic mass is 9.43. The second kappa shape index (κ2) is 23.4. The molecule has 404 valence electrons. The van der Waals surface area contributed by atoms with E-state index in [4.69, 9.17) is 18.9 Å². The first kappa shape index (κ1) is 61.1. The number of carbonyl (C=O) groups is 4. The number of nitrogens with zero attached hydrogens (tertiary/aromatic N) is 3. The maximum absolute atomic E-state index is 15.4. The molecule has 17 heteroatoms. The van der Waals surface area contributed by atoms with Gasteiger partial charge in [0.15, 0.2) is 12.6 Å². The number of amides is 3. The Labute approximate surface area is 428 Å². The van der Waals surface area contributed by atoms with Crippen LogP contribution in [0.25, 0.3) is 0 Å².